The number of hydrogen-bond acceptors (Lipinski definition) is 5. The second kappa shape index (κ2) is 8.88. The molecule has 2 aromatic rings. The molecule has 0 spiro atoms. The number of carbonyl (C=O) groups excluding carboxylic acids is 2. The number of ether oxygens (including phenoxy) is 1. The number of benzene rings is 2. The molecule has 166 valence electrons. The molecule has 1 saturated heterocycles. The van der Waals surface area contributed by atoms with E-state index in [2.05, 4.69) is 28.0 Å². The lowest BCUT2D eigenvalue weighted by Crippen LogP contribution is -2.44. The molecular weight excluding hydrogens is 402 g/mol. The smallest absolute Gasteiger partial charge is 0.277 e. The first-order valence-electron chi connectivity index (χ1n) is 11.4. The van der Waals surface area contributed by atoms with E-state index in [1.54, 1.807) is 0 Å². The zero-order valence-electron chi connectivity index (χ0n) is 18.5. The van der Waals surface area contributed by atoms with E-state index in [4.69, 9.17) is 4.74 Å². The van der Waals surface area contributed by atoms with Crippen LogP contribution in [0.4, 0.5) is 0 Å². The van der Waals surface area contributed by atoms with Crippen LogP contribution >= 0.6 is 0 Å². The van der Waals surface area contributed by atoms with Crippen molar-refractivity contribution in [2.75, 3.05) is 45.9 Å². The minimum atomic E-state index is -0.180. The van der Waals surface area contributed by atoms with E-state index >= 15 is 0 Å². The summed E-state index contributed by atoms with van der Waals surface area (Å²) in [7, 11) is 0. The molecule has 0 radical (unpaired) electrons. The topological polar surface area (TPSA) is 53.1 Å². The second-order valence-corrected chi connectivity index (χ2v) is 8.75. The van der Waals surface area contributed by atoms with Crippen LogP contribution in [0, 0.1) is 6.92 Å². The van der Waals surface area contributed by atoms with E-state index in [9.17, 15) is 9.59 Å². The third-order valence-electron chi connectivity index (χ3n) is 6.67. The first-order valence-corrected chi connectivity index (χ1v) is 11.4. The standard InChI is InChI=1S/C26H29N3O3/c1-19-6-8-21(9-7-19)23-24(28-11-10-20-4-2-3-5-22(20)18-28)26(31)29(25(23)30)13-12-27-14-16-32-17-15-27/h2-9H,10-18H2,1H3. The summed E-state index contributed by atoms with van der Waals surface area (Å²) in [6.45, 7) is 7.57. The molecule has 0 bridgehead atoms. The van der Waals surface area contributed by atoms with Crippen molar-refractivity contribution >= 4 is 17.4 Å². The molecule has 0 aliphatic carbocycles. The maximum atomic E-state index is 13.6. The van der Waals surface area contributed by atoms with Crippen LogP contribution < -0.4 is 0 Å². The summed E-state index contributed by atoms with van der Waals surface area (Å²) in [5.41, 5.74) is 5.58. The van der Waals surface area contributed by atoms with Gasteiger partial charge in [-0.2, -0.15) is 0 Å². The molecular formula is C26H29N3O3. The molecule has 3 aliphatic heterocycles. The summed E-state index contributed by atoms with van der Waals surface area (Å²) < 4.78 is 5.42. The summed E-state index contributed by atoms with van der Waals surface area (Å²) in [5, 5.41) is 0. The highest BCUT2D eigenvalue weighted by Gasteiger charge is 2.42. The van der Waals surface area contributed by atoms with E-state index < -0.39 is 0 Å². The van der Waals surface area contributed by atoms with Crippen LogP contribution in [0.2, 0.25) is 0 Å². The molecule has 3 aliphatic rings. The molecule has 0 atom stereocenters. The van der Waals surface area contributed by atoms with Crippen molar-refractivity contribution in [1.29, 1.82) is 0 Å². The normalized spacial score (nSPS) is 19.7. The molecule has 2 aromatic carbocycles. The fourth-order valence-corrected chi connectivity index (χ4v) is 4.79. The zero-order chi connectivity index (χ0) is 22.1. The lowest BCUT2D eigenvalue weighted by molar-refractivity contribution is -0.138. The van der Waals surface area contributed by atoms with E-state index in [0.717, 1.165) is 37.2 Å². The van der Waals surface area contributed by atoms with Crippen molar-refractivity contribution in [2.45, 2.75) is 19.9 Å². The van der Waals surface area contributed by atoms with Crippen molar-refractivity contribution in [2.24, 2.45) is 0 Å². The van der Waals surface area contributed by atoms with Crippen LogP contribution in [-0.4, -0.2) is 72.5 Å². The largest absolute Gasteiger partial charge is 0.379 e. The number of amides is 2. The number of carbonyl (C=O) groups is 2. The predicted molar refractivity (Wildman–Crippen MR) is 123 cm³/mol. The second-order valence-electron chi connectivity index (χ2n) is 8.75. The van der Waals surface area contributed by atoms with Crippen molar-refractivity contribution < 1.29 is 14.3 Å². The van der Waals surface area contributed by atoms with Gasteiger partial charge in [-0.25, -0.2) is 0 Å². The number of nitrogens with zero attached hydrogens (tertiary/aromatic N) is 3. The van der Waals surface area contributed by atoms with Gasteiger partial charge in [0.1, 0.15) is 5.70 Å². The molecule has 0 N–H and O–H groups in total. The first kappa shape index (κ1) is 20.9. The number of fused-ring (bicyclic) bond motifs is 1. The Kier molecular flexibility index (Phi) is 5.81. The SMILES string of the molecule is Cc1ccc(C2=C(N3CCc4ccccc4C3)C(=O)N(CCN3CCOCC3)C2=O)cc1. The van der Waals surface area contributed by atoms with Crippen molar-refractivity contribution in [3.63, 3.8) is 0 Å². The number of imide groups is 1. The Hall–Kier alpha value is -2.96. The highest BCUT2D eigenvalue weighted by molar-refractivity contribution is 6.35. The first-order chi connectivity index (χ1) is 15.6. The number of morpholine rings is 1. The summed E-state index contributed by atoms with van der Waals surface area (Å²) in [6, 6.07) is 16.3. The monoisotopic (exact) mass is 431 g/mol. The van der Waals surface area contributed by atoms with E-state index in [1.165, 1.54) is 16.0 Å². The molecule has 6 heteroatoms. The molecule has 0 aromatic heterocycles. The highest BCUT2D eigenvalue weighted by Crippen LogP contribution is 2.34. The van der Waals surface area contributed by atoms with Gasteiger partial charge in [-0.05, 0) is 30.0 Å². The minimum Gasteiger partial charge on any atom is -0.379 e. The maximum Gasteiger partial charge on any atom is 0.277 e. The Balaban J connectivity index is 1.45. The van der Waals surface area contributed by atoms with Gasteiger partial charge in [0.2, 0.25) is 0 Å². The van der Waals surface area contributed by atoms with Gasteiger partial charge in [0.15, 0.2) is 0 Å². The summed E-state index contributed by atoms with van der Waals surface area (Å²) in [4.78, 5) is 33.0. The van der Waals surface area contributed by atoms with Crippen LogP contribution in [0.3, 0.4) is 0 Å². The molecule has 0 unspecified atom stereocenters. The number of hydrogen-bond donors (Lipinski definition) is 0. The zero-order valence-corrected chi connectivity index (χ0v) is 18.5. The van der Waals surface area contributed by atoms with E-state index in [0.29, 0.717) is 44.1 Å². The molecule has 0 saturated carbocycles. The summed E-state index contributed by atoms with van der Waals surface area (Å²) >= 11 is 0. The quantitative estimate of drug-likeness (QED) is 0.681. The van der Waals surface area contributed by atoms with Gasteiger partial charge in [0.25, 0.3) is 11.8 Å². The van der Waals surface area contributed by atoms with Gasteiger partial charge in [-0.15, -0.1) is 0 Å². The van der Waals surface area contributed by atoms with Crippen molar-refractivity contribution in [3.05, 3.63) is 76.5 Å². The lowest BCUT2D eigenvalue weighted by atomic mass is 9.97. The molecule has 2 amide bonds. The Bertz CT molecular complexity index is 1050. The van der Waals surface area contributed by atoms with Gasteiger partial charge < -0.3 is 9.64 Å². The Morgan fingerprint density at radius 3 is 2.31 bits per heavy atom. The number of rotatable bonds is 5. The van der Waals surface area contributed by atoms with Crippen LogP contribution in [0.1, 0.15) is 22.3 Å². The van der Waals surface area contributed by atoms with Crippen LogP contribution in [0.5, 0.6) is 0 Å². The Labute approximate surface area is 189 Å². The van der Waals surface area contributed by atoms with Gasteiger partial charge in [0, 0.05) is 39.3 Å². The van der Waals surface area contributed by atoms with E-state index in [1.807, 2.05) is 37.3 Å². The maximum absolute atomic E-state index is 13.6. The molecule has 5 rings (SSSR count). The molecule has 1 fully saturated rings. The van der Waals surface area contributed by atoms with Crippen molar-refractivity contribution in [3.8, 4) is 0 Å². The van der Waals surface area contributed by atoms with E-state index in [-0.39, 0.29) is 11.8 Å². The fraction of sp³-hybridized carbons (Fsp3) is 0.385. The predicted octanol–water partition coefficient (Wildman–Crippen LogP) is 2.47. The van der Waals surface area contributed by atoms with Gasteiger partial charge in [0.05, 0.1) is 18.8 Å². The van der Waals surface area contributed by atoms with Gasteiger partial charge >= 0.3 is 0 Å². The molecule has 6 nitrogen and oxygen atoms in total. The third-order valence-corrected chi connectivity index (χ3v) is 6.67. The average Bonchev–Trinajstić information content (AvgIpc) is 3.08. The Morgan fingerprint density at radius 1 is 0.844 bits per heavy atom. The third kappa shape index (κ3) is 3.96. The Morgan fingerprint density at radius 2 is 1.56 bits per heavy atom. The summed E-state index contributed by atoms with van der Waals surface area (Å²) in [5.74, 6) is -0.348. The molecule has 32 heavy (non-hydrogen) atoms. The summed E-state index contributed by atoms with van der Waals surface area (Å²) in [6.07, 6.45) is 0.871. The average molecular weight is 432 g/mol. The number of aryl methyl sites for hydroxylation is 1. The van der Waals surface area contributed by atoms with Crippen LogP contribution in [0.25, 0.3) is 5.57 Å². The van der Waals surface area contributed by atoms with Crippen LogP contribution in [-0.2, 0) is 27.3 Å². The lowest BCUT2D eigenvalue weighted by Gasteiger charge is -2.32. The highest BCUT2D eigenvalue weighted by atomic mass is 16.5. The minimum absolute atomic E-state index is 0.168. The fourth-order valence-electron chi connectivity index (χ4n) is 4.79. The van der Waals surface area contributed by atoms with Gasteiger partial charge in [-0.1, -0.05) is 54.1 Å². The molecule has 3 heterocycles. The van der Waals surface area contributed by atoms with Crippen molar-refractivity contribution in [1.82, 2.24) is 14.7 Å². The van der Waals surface area contributed by atoms with Gasteiger partial charge in [-0.3, -0.25) is 19.4 Å². The van der Waals surface area contributed by atoms with Crippen LogP contribution in [0.15, 0.2) is 54.2 Å².